The van der Waals surface area contributed by atoms with Crippen molar-refractivity contribution in [1.82, 2.24) is 0 Å². The molecule has 3 heteroatoms. The van der Waals surface area contributed by atoms with Gasteiger partial charge in [-0.1, -0.05) is 32.9 Å². The summed E-state index contributed by atoms with van der Waals surface area (Å²) in [4.78, 5) is 0. The Kier molecular flexibility index (Phi) is 4.33. The molecule has 3 nitrogen and oxygen atoms in total. The third-order valence-corrected chi connectivity index (χ3v) is 2.43. The predicted molar refractivity (Wildman–Crippen MR) is 65.7 cm³/mol. The first kappa shape index (κ1) is 13.0. The van der Waals surface area contributed by atoms with Gasteiger partial charge in [0.1, 0.15) is 18.5 Å². The topological polar surface area (TPSA) is 55.5 Å². The van der Waals surface area contributed by atoms with E-state index in [9.17, 15) is 5.11 Å². The normalized spacial score (nSPS) is 13.6. The fourth-order valence-corrected chi connectivity index (χ4v) is 1.31. The molecule has 1 aromatic carbocycles. The number of hydrogen-bond acceptors (Lipinski definition) is 3. The van der Waals surface area contributed by atoms with Crippen LogP contribution in [0, 0.1) is 0 Å². The molecule has 3 N–H and O–H groups in total. The van der Waals surface area contributed by atoms with Crippen molar-refractivity contribution in [3.8, 4) is 5.75 Å². The van der Waals surface area contributed by atoms with Gasteiger partial charge in [0, 0.05) is 6.54 Å². The third-order valence-electron chi connectivity index (χ3n) is 2.43. The van der Waals surface area contributed by atoms with Gasteiger partial charge in [-0.15, -0.1) is 0 Å². The van der Waals surface area contributed by atoms with Crippen LogP contribution in [-0.2, 0) is 5.41 Å². The van der Waals surface area contributed by atoms with Gasteiger partial charge in [0.05, 0.1) is 0 Å². The number of hydrogen-bond donors (Lipinski definition) is 2. The van der Waals surface area contributed by atoms with Gasteiger partial charge in [-0.05, 0) is 23.1 Å². The van der Waals surface area contributed by atoms with Crippen molar-refractivity contribution in [2.24, 2.45) is 5.73 Å². The molecule has 0 heterocycles. The largest absolute Gasteiger partial charge is 0.491 e. The molecule has 90 valence electrons. The summed E-state index contributed by atoms with van der Waals surface area (Å²) < 4.78 is 5.40. The first-order chi connectivity index (χ1) is 7.43. The highest BCUT2D eigenvalue weighted by atomic mass is 16.5. The summed E-state index contributed by atoms with van der Waals surface area (Å²) in [5.74, 6) is 0.764. The van der Waals surface area contributed by atoms with Gasteiger partial charge in [-0.2, -0.15) is 0 Å². The molecule has 0 amide bonds. The molecule has 0 saturated carbocycles. The van der Waals surface area contributed by atoms with Crippen molar-refractivity contribution in [3.63, 3.8) is 0 Å². The number of benzene rings is 1. The number of ether oxygens (including phenoxy) is 1. The second kappa shape index (κ2) is 5.32. The summed E-state index contributed by atoms with van der Waals surface area (Å²) in [6.07, 6.45) is -0.595. The van der Waals surface area contributed by atoms with E-state index < -0.39 is 6.10 Å². The van der Waals surface area contributed by atoms with Gasteiger partial charge < -0.3 is 15.6 Å². The van der Waals surface area contributed by atoms with E-state index in [1.165, 1.54) is 5.56 Å². The van der Waals surface area contributed by atoms with E-state index in [1.54, 1.807) is 0 Å². The molecule has 0 saturated heterocycles. The van der Waals surface area contributed by atoms with Crippen LogP contribution >= 0.6 is 0 Å². The van der Waals surface area contributed by atoms with Crippen molar-refractivity contribution < 1.29 is 9.84 Å². The lowest BCUT2D eigenvalue weighted by molar-refractivity contribution is 0.114. The Hall–Kier alpha value is -1.06. The smallest absolute Gasteiger partial charge is 0.119 e. The van der Waals surface area contributed by atoms with Crippen LogP contribution < -0.4 is 10.5 Å². The molecule has 1 aromatic rings. The van der Waals surface area contributed by atoms with Crippen LogP contribution in [0.25, 0.3) is 0 Å². The van der Waals surface area contributed by atoms with Gasteiger partial charge in [0.25, 0.3) is 0 Å². The Morgan fingerprint density at radius 1 is 1.25 bits per heavy atom. The van der Waals surface area contributed by atoms with E-state index in [-0.39, 0.29) is 18.6 Å². The van der Waals surface area contributed by atoms with Crippen LogP contribution in [0.3, 0.4) is 0 Å². The van der Waals surface area contributed by atoms with Crippen molar-refractivity contribution in [2.75, 3.05) is 13.2 Å². The minimum Gasteiger partial charge on any atom is -0.491 e. The molecule has 16 heavy (non-hydrogen) atoms. The van der Waals surface area contributed by atoms with E-state index in [0.29, 0.717) is 0 Å². The lowest BCUT2D eigenvalue weighted by Crippen LogP contribution is -2.26. The van der Waals surface area contributed by atoms with Crippen LogP contribution in [0.5, 0.6) is 5.75 Å². The van der Waals surface area contributed by atoms with Crippen molar-refractivity contribution >= 4 is 0 Å². The summed E-state index contributed by atoms with van der Waals surface area (Å²) >= 11 is 0. The second-order valence-electron chi connectivity index (χ2n) is 4.97. The Morgan fingerprint density at radius 3 is 2.25 bits per heavy atom. The number of rotatable bonds is 4. The summed E-state index contributed by atoms with van der Waals surface area (Å²) in [6.45, 7) is 6.97. The van der Waals surface area contributed by atoms with Crippen LogP contribution in [-0.4, -0.2) is 24.4 Å². The van der Waals surface area contributed by atoms with E-state index >= 15 is 0 Å². The molecule has 0 fully saturated rings. The monoisotopic (exact) mass is 223 g/mol. The van der Waals surface area contributed by atoms with Crippen molar-refractivity contribution in [2.45, 2.75) is 32.3 Å². The Labute approximate surface area is 97.2 Å². The summed E-state index contributed by atoms with van der Waals surface area (Å²) in [7, 11) is 0. The summed E-state index contributed by atoms with van der Waals surface area (Å²) in [5.41, 5.74) is 6.70. The molecular weight excluding hydrogens is 202 g/mol. The SMILES string of the molecule is CC(C)(C)c1ccc(OCC(O)CN)cc1. The Balaban J connectivity index is 2.58. The van der Waals surface area contributed by atoms with Crippen LogP contribution in [0.15, 0.2) is 24.3 Å². The molecule has 0 aliphatic rings. The van der Waals surface area contributed by atoms with Crippen LogP contribution in [0.2, 0.25) is 0 Å². The third kappa shape index (κ3) is 3.83. The van der Waals surface area contributed by atoms with Crippen molar-refractivity contribution in [1.29, 1.82) is 0 Å². The number of nitrogens with two attached hydrogens (primary N) is 1. The Bertz CT molecular complexity index is 314. The maximum atomic E-state index is 9.25. The maximum absolute atomic E-state index is 9.25. The average Bonchev–Trinajstić information content (AvgIpc) is 2.25. The van der Waals surface area contributed by atoms with Gasteiger partial charge in [0.15, 0.2) is 0 Å². The van der Waals surface area contributed by atoms with E-state index in [0.717, 1.165) is 5.75 Å². The summed E-state index contributed by atoms with van der Waals surface area (Å²) in [6, 6.07) is 7.93. The van der Waals surface area contributed by atoms with Gasteiger partial charge in [-0.25, -0.2) is 0 Å². The zero-order chi connectivity index (χ0) is 12.2. The molecule has 0 aliphatic heterocycles. The molecule has 1 atom stereocenters. The van der Waals surface area contributed by atoms with Crippen LogP contribution in [0.4, 0.5) is 0 Å². The Morgan fingerprint density at radius 2 is 1.81 bits per heavy atom. The molecule has 1 unspecified atom stereocenters. The standard InChI is InChI=1S/C13H21NO2/c1-13(2,3)10-4-6-12(7-5-10)16-9-11(15)8-14/h4-7,11,15H,8-9,14H2,1-3H3. The second-order valence-corrected chi connectivity index (χ2v) is 4.97. The first-order valence-corrected chi connectivity index (χ1v) is 5.55. The molecule has 1 rings (SSSR count). The van der Waals surface area contributed by atoms with Gasteiger partial charge in [0.2, 0.25) is 0 Å². The minimum atomic E-state index is -0.595. The highest BCUT2D eigenvalue weighted by Gasteiger charge is 2.13. The summed E-state index contributed by atoms with van der Waals surface area (Å²) in [5, 5.41) is 9.25. The van der Waals surface area contributed by atoms with Gasteiger partial charge in [-0.3, -0.25) is 0 Å². The average molecular weight is 223 g/mol. The van der Waals surface area contributed by atoms with Crippen LogP contribution in [0.1, 0.15) is 26.3 Å². The lowest BCUT2D eigenvalue weighted by Gasteiger charge is -2.19. The zero-order valence-corrected chi connectivity index (χ0v) is 10.2. The molecule has 0 bridgehead atoms. The van der Waals surface area contributed by atoms with E-state index in [2.05, 4.69) is 20.8 Å². The maximum Gasteiger partial charge on any atom is 0.119 e. The first-order valence-electron chi connectivity index (χ1n) is 5.55. The molecule has 0 spiro atoms. The number of aliphatic hydroxyl groups excluding tert-OH is 1. The van der Waals surface area contributed by atoms with Gasteiger partial charge >= 0.3 is 0 Å². The highest BCUT2D eigenvalue weighted by molar-refractivity contribution is 5.31. The molecule has 0 radical (unpaired) electrons. The molecule has 0 aromatic heterocycles. The molecular formula is C13H21NO2. The fraction of sp³-hybridized carbons (Fsp3) is 0.538. The van der Waals surface area contributed by atoms with E-state index in [1.807, 2.05) is 24.3 Å². The number of aliphatic hydroxyl groups is 1. The highest BCUT2D eigenvalue weighted by Crippen LogP contribution is 2.24. The lowest BCUT2D eigenvalue weighted by atomic mass is 9.87. The van der Waals surface area contributed by atoms with Crippen molar-refractivity contribution in [3.05, 3.63) is 29.8 Å². The quantitative estimate of drug-likeness (QED) is 0.816. The molecule has 0 aliphatic carbocycles. The van der Waals surface area contributed by atoms with E-state index in [4.69, 9.17) is 10.5 Å². The predicted octanol–water partition coefficient (Wildman–Crippen LogP) is 1.68. The zero-order valence-electron chi connectivity index (χ0n) is 10.2. The minimum absolute atomic E-state index is 0.148. The fourth-order valence-electron chi connectivity index (χ4n) is 1.31.